The number of hydrogen-bond donors (Lipinski definition) is 2. The molecular weight excluding hydrogens is 293 g/mol. The fourth-order valence-electron chi connectivity index (χ4n) is 2.89. The van der Waals surface area contributed by atoms with Crippen LogP contribution in [0.4, 0.5) is 0 Å². The molecule has 1 amide bonds. The predicted molar refractivity (Wildman–Crippen MR) is 88.7 cm³/mol. The zero-order valence-electron chi connectivity index (χ0n) is 13.5. The van der Waals surface area contributed by atoms with Gasteiger partial charge in [0.15, 0.2) is 0 Å². The van der Waals surface area contributed by atoms with Gasteiger partial charge in [0.05, 0.1) is 12.4 Å². The van der Waals surface area contributed by atoms with Gasteiger partial charge in [0.25, 0.3) is 0 Å². The van der Waals surface area contributed by atoms with Crippen molar-refractivity contribution in [1.29, 1.82) is 0 Å². The molecule has 1 aliphatic rings. The number of carbonyl (C=O) groups is 2. The number of Topliss-reactive ketones (excluding diaryl/α,β-unsaturated/α-hetero) is 1. The number of benzene rings is 1. The Hall–Kier alpha value is -1.66. The van der Waals surface area contributed by atoms with Crippen LogP contribution in [0.2, 0.25) is 0 Å². The van der Waals surface area contributed by atoms with Crippen LogP contribution in [0.25, 0.3) is 0 Å². The molecular formula is C17H24BNO4. The fourth-order valence-corrected chi connectivity index (χ4v) is 2.89. The SMILES string of the molecule is CC(=O)C[C@H]1CCCC[C@H](NC(=O)Cc2ccccc2)B(O)O1. The minimum Gasteiger partial charge on any atom is -0.426 e. The van der Waals surface area contributed by atoms with E-state index in [4.69, 9.17) is 4.65 Å². The molecule has 0 spiro atoms. The minimum absolute atomic E-state index is 0.0486. The monoisotopic (exact) mass is 317 g/mol. The Morgan fingerprint density at radius 1 is 1.26 bits per heavy atom. The highest BCUT2D eigenvalue weighted by atomic mass is 16.5. The van der Waals surface area contributed by atoms with E-state index in [-0.39, 0.29) is 24.2 Å². The molecule has 2 atom stereocenters. The average molecular weight is 317 g/mol. The molecule has 0 aliphatic carbocycles. The van der Waals surface area contributed by atoms with E-state index in [1.807, 2.05) is 30.3 Å². The second-order valence-corrected chi connectivity index (χ2v) is 6.18. The van der Waals surface area contributed by atoms with Crippen molar-refractivity contribution in [2.45, 2.75) is 57.5 Å². The summed E-state index contributed by atoms with van der Waals surface area (Å²) in [6.45, 7) is 1.52. The van der Waals surface area contributed by atoms with E-state index in [2.05, 4.69) is 5.32 Å². The standard InChI is InChI=1S/C17H24BNO4/c1-13(20)11-15-9-5-6-10-16(18(22)23-15)19-17(21)12-14-7-3-2-4-8-14/h2-4,7-8,15-16,22H,5-6,9-12H2,1H3,(H,19,21)/t15-,16+/m1/s1. The Kier molecular flexibility index (Phi) is 6.80. The first-order valence-corrected chi connectivity index (χ1v) is 8.21. The van der Waals surface area contributed by atoms with Crippen LogP contribution in [0.15, 0.2) is 30.3 Å². The topological polar surface area (TPSA) is 75.6 Å². The Labute approximate surface area is 137 Å². The van der Waals surface area contributed by atoms with Crippen LogP contribution in [-0.4, -0.2) is 35.9 Å². The van der Waals surface area contributed by atoms with E-state index in [0.29, 0.717) is 12.8 Å². The van der Waals surface area contributed by atoms with Crippen molar-refractivity contribution in [3.8, 4) is 0 Å². The molecule has 5 nitrogen and oxygen atoms in total. The summed E-state index contributed by atoms with van der Waals surface area (Å²) >= 11 is 0. The lowest BCUT2D eigenvalue weighted by molar-refractivity contribution is -0.121. The first-order chi connectivity index (χ1) is 11.0. The van der Waals surface area contributed by atoms with Crippen molar-refractivity contribution in [2.75, 3.05) is 0 Å². The van der Waals surface area contributed by atoms with Gasteiger partial charge in [0, 0.05) is 12.5 Å². The summed E-state index contributed by atoms with van der Waals surface area (Å²) < 4.78 is 5.59. The molecule has 1 saturated heterocycles. The lowest BCUT2D eigenvalue weighted by Gasteiger charge is -2.28. The predicted octanol–water partition coefficient (Wildman–Crippen LogP) is 1.67. The summed E-state index contributed by atoms with van der Waals surface area (Å²) in [6, 6.07) is 9.48. The van der Waals surface area contributed by atoms with Gasteiger partial charge < -0.3 is 15.0 Å². The molecule has 2 N–H and O–H groups in total. The van der Waals surface area contributed by atoms with Crippen LogP contribution in [0.3, 0.4) is 0 Å². The molecule has 1 fully saturated rings. The van der Waals surface area contributed by atoms with Gasteiger partial charge >= 0.3 is 7.12 Å². The van der Waals surface area contributed by atoms with Gasteiger partial charge in [-0.05, 0) is 25.3 Å². The lowest BCUT2D eigenvalue weighted by atomic mass is 9.74. The largest absolute Gasteiger partial charge is 0.478 e. The van der Waals surface area contributed by atoms with Crippen LogP contribution >= 0.6 is 0 Å². The van der Waals surface area contributed by atoms with Crippen molar-refractivity contribution in [3.63, 3.8) is 0 Å². The molecule has 0 bridgehead atoms. The highest BCUT2D eigenvalue weighted by Gasteiger charge is 2.32. The zero-order valence-corrected chi connectivity index (χ0v) is 13.5. The lowest BCUT2D eigenvalue weighted by Crippen LogP contribution is -2.50. The minimum atomic E-state index is -1.07. The fraction of sp³-hybridized carbons (Fsp3) is 0.529. The van der Waals surface area contributed by atoms with E-state index in [9.17, 15) is 14.6 Å². The van der Waals surface area contributed by atoms with Gasteiger partial charge in [-0.15, -0.1) is 0 Å². The van der Waals surface area contributed by atoms with E-state index in [0.717, 1.165) is 24.8 Å². The Balaban J connectivity index is 1.89. The molecule has 0 saturated carbocycles. The molecule has 1 aliphatic heterocycles. The summed E-state index contributed by atoms with van der Waals surface area (Å²) in [5.41, 5.74) is 0.931. The van der Waals surface area contributed by atoms with Crippen LogP contribution in [-0.2, 0) is 20.7 Å². The quantitative estimate of drug-likeness (QED) is 0.810. The number of ketones is 1. The van der Waals surface area contributed by atoms with E-state index >= 15 is 0 Å². The van der Waals surface area contributed by atoms with Crippen molar-refractivity contribution >= 4 is 18.8 Å². The maximum absolute atomic E-state index is 12.2. The first-order valence-electron chi connectivity index (χ1n) is 8.21. The molecule has 1 aromatic carbocycles. The van der Waals surface area contributed by atoms with Crippen LogP contribution < -0.4 is 5.32 Å². The second kappa shape index (κ2) is 8.84. The van der Waals surface area contributed by atoms with Crippen LogP contribution in [0.1, 0.15) is 44.6 Å². The van der Waals surface area contributed by atoms with Crippen LogP contribution in [0.5, 0.6) is 0 Å². The molecule has 1 heterocycles. The molecule has 0 unspecified atom stereocenters. The van der Waals surface area contributed by atoms with Crippen LogP contribution in [0, 0.1) is 0 Å². The maximum Gasteiger partial charge on any atom is 0.478 e. The van der Waals surface area contributed by atoms with Gasteiger partial charge in [-0.1, -0.05) is 43.2 Å². The second-order valence-electron chi connectivity index (χ2n) is 6.18. The molecule has 23 heavy (non-hydrogen) atoms. The number of amides is 1. The third-order valence-electron chi connectivity index (χ3n) is 4.04. The van der Waals surface area contributed by atoms with Crippen molar-refractivity contribution in [1.82, 2.24) is 5.32 Å². The molecule has 0 aromatic heterocycles. The number of nitrogens with one attached hydrogen (secondary N) is 1. The molecule has 6 heteroatoms. The van der Waals surface area contributed by atoms with Gasteiger partial charge in [0.2, 0.25) is 5.91 Å². The highest BCUT2D eigenvalue weighted by Crippen LogP contribution is 2.18. The van der Waals surface area contributed by atoms with Crippen molar-refractivity contribution < 1.29 is 19.3 Å². The first kappa shape index (κ1) is 17.7. The van der Waals surface area contributed by atoms with E-state index in [1.165, 1.54) is 6.92 Å². The van der Waals surface area contributed by atoms with E-state index in [1.54, 1.807) is 0 Å². The number of hydrogen-bond acceptors (Lipinski definition) is 4. The Morgan fingerprint density at radius 3 is 2.65 bits per heavy atom. The normalized spacial score (nSPS) is 22.1. The zero-order chi connectivity index (χ0) is 16.7. The third kappa shape index (κ3) is 6.16. The van der Waals surface area contributed by atoms with Gasteiger partial charge in [-0.2, -0.15) is 0 Å². The molecule has 124 valence electrons. The summed E-state index contributed by atoms with van der Waals surface area (Å²) in [5, 5.41) is 13.1. The summed E-state index contributed by atoms with van der Waals surface area (Å²) in [4.78, 5) is 23.4. The third-order valence-corrected chi connectivity index (χ3v) is 4.04. The summed E-state index contributed by atoms with van der Waals surface area (Å²) in [7, 11) is -1.07. The highest BCUT2D eigenvalue weighted by molar-refractivity contribution is 6.45. The Morgan fingerprint density at radius 2 is 1.96 bits per heavy atom. The number of rotatable bonds is 5. The number of carbonyl (C=O) groups excluding carboxylic acids is 2. The average Bonchev–Trinajstić information content (AvgIpc) is 2.49. The van der Waals surface area contributed by atoms with Crippen molar-refractivity contribution in [2.24, 2.45) is 0 Å². The summed E-state index contributed by atoms with van der Waals surface area (Å²) in [6.07, 6.45) is 3.58. The van der Waals surface area contributed by atoms with Gasteiger partial charge in [-0.3, -0.25) is 9.59 Å². The maximum atomic E-state index is 12.2. The van der Waals surface area contributed by atoms with E-state index < -0.39 is 13.1 Å². The van der Waals surface area contributed by atoms with Crippen molar-refractivity contribution in [3.05, 3.63) is 35.9 Å². The molecule has 1 aromatic rings. The molecule has 2 rings (SSSR count). The summed E-state index contributed by atoms with van der Waals surface area (Å²) in [5.74, 6) is -0.513. The van der Waals surface area contributed by atoms with Gasteiger partial charge in [-0.25, -0.2) is 0 Å². The smallest absolute Gasteiger partial charge is 0.426 e. The van der Waals surface area contributed by atoms with Gasteiger partial charge in [0.1, 0.15) is 5.78 Å². The Bertz CT molecular complexity index is 523. The molecule has 0 radical (unpaired) electrons.